The third kappa shape index (κ3) is 5.88. The molecule has 1 aliphatic rings. The molecule has 0 N–H and O–H groups in total. The molecule has 1 heterocycles. The van der Waals surface area contributed by atoms with E-state index in [2.05, 4.69) is 187 Å². The highest BCUT2D eigenvalue weighted by atomic mass is 32.1. The highest BCUT2D eigenvalue weighted by molar-refractivity contribution is 7.25. The van der Waals surface area contributed by atoms with Gasteiger partial charge in [0, 0.05) is 36.9 Å². The van der Waals surface area contributed by atoms with Crippen molar-refractivity contribution < 1.29 is 0 Å². The Morgan fingerprint density at radius 2 is 1.00 bits per heavy atom. The molecular weight excluding hydrogens is 671 g/mol. The SMILES string of the molecule is c1ccc(-c2cccc(-c3ccccc3)c2-c2ccc(N(c3ccc4c(c3)sc3ccccc34)c3cccc4c(C5CCCCC5)cccc34)cc2)cc1. The van der Waals surface area contributed by atoms with Gasteiger partial charge in [0.1, 0.15) is 0 Å². The van der Waals surface area contributed by atoms with Gasteiger partial charge in [0.05, 0.1) is 5.69 Å². The molecule has 0 aliphatic heterocycles. The van der Waals surface area contributed by atoms with E-state index in [9.17, 15) is 0 Å². The summed E-state index contributed by atoms with van der Waals surface area (Å²) in [6.45, 7) is 0. The van der Waals surface area contributed by atoms with Crippen molar-refractivity contribution in [2.45, 2.75) is 38.0 Å². The minimum atomic E-state index is 0.629. The van der Waals surface area contributed by atoms with Crippen molar-refractivity contribution in [3.8, 4) is 33.4 Å². The van der Waals surface area contributed by atoms with E-state index in [1.54, 1.807) is 0 Å². The fourth-order valence-corrected chi connectivity index (χ4v) is 10.1. The molecule has 0 saturated heterocycles. The highest BCUT2D eigenvalue weighted by Gasteiger charge is 2.22. The number of hydrogen-bond donors (Lipinski definition) is 0. The van der Waals surface area contributed by atoms with Gasteiger partial charge in [0.2, 0.25) is 0 Å². The van der Waals surface area contributed by atoms with Gasteiger partial charge in [-0.1, -0.05) is 165 Å². The van der Waals surface area contributed by atoms with Crippen molar-refractivity contribution in [1.82, 2.24) is 0 Å². The standard InChI is InChI=1S/C52H41NS/c1-4-15-36(16-5-1)42-22-12-26-46-45(42)25-14-27-49(46)53(41-33-34-48-47-21-10-11-28-50(47)54-51(48)35-41)40-31-29-39(30-32-40)52-43(37-17-6-2-7-18-37)23-13-24-44(52)38-19-8-3-9-20-38/h2-3,6-14,17-36H,1,4-5,15-16H2. The Morgan fingerprint density at radius 1 is 0.407 bits per heavy atom. The second kappa shape index (κ2) is 14.1. The Balaban J connectivity index is 1.16. The van der Waals surface area contributed by atoms with Crippen molar-refractivity contribution >= 4 is 59.3 Å². The zero-order valence-corrected chi connectivity index (χ0v) is 31.1. The number of rotatable bonds is 7. The number of anilines is 3. The number of benzene rings is 8. The number of thiophene rings is 1. The van der Waals surface area contributed by atoms with Crippen LogP contribution in [0.1, 0.15) is 43.6 Å². The molecule has 10 rings (SSSR count). The molecule has 1 fully saturated rings. The van der Waals surface area contributed by atoms with Gasteiger partial charge in [-0.05, 0) is 99.5 Å². The molecule has 0 atom stereocenters. The summed E-state index contributed by atoms with van der Waals surface area (Å²) >= 11 is 1.88. The van der Waals surface area contributed by atoms with Gasteiger partial charge in [-0.3, -0.25) is 0 Å². The zero-order valence-electron chi connectivity index (χ0n) is 30.3. The lowest BCUT2D eigenvalue weighted by Crippen LogP contribution is -2.11. The van der Waals surface area contributed by atoms with E-state index in [4.69, 9.17) is 0 Å². The molecule has 54 heavy (non-hydrogen) atoms. The predicted octanol–water partition coefficient (Wildman–Crippen LogP) is 15.7. The molecule has 0 bridgehead atoms. The molecule has 1 aliphatic carbocycles. The maximum Gasteiger partial charge on any atom is 0.0540 e. The normalized spacial score (nSPS) is 13.5. The van der Waals surface area contributed by atoms with Crippen LogP contribution in [0.5, 0.6) is 0 Å². The lowest BCUT2D eigenvalue weighted by molar-refractivity contribution is 0.445. The summed E-state index contributed by atoms with van der Waals surface area (Å²) in [6, 6.07) is 67.4. The van der Waals surface area contributed by atoms with Crippen molar-refractivity contribution in [3.63, 3.8) is 0 Å². The van der Waals surface area contributed by atoms with Crippen molar-refractivity contribution in [1.29, 1.82) is 0 Å². The molecule has 260 valence electrons. The van der Waals surface area contributed by atoms with Crippen LogP contribution in [-0.2, 0) is 0 Å². The smallest absolute Gasteiger partial charge is 0.0540 e. The Labute approximate surface area is 321 Å². The molecule has 0 spiro atoms. The van der Waals surface area contributed by atoms with Gasteiger partial charge in [0.15, 0.2) is 0 Å². The number of fused-ring (bicyclic) bond motifs is 4. The fourth-order valence-electron chi connectivity index (χ4n) is 8.92. The molecule has 8 aromatic carbocycles. The van der Waals surface area contributed by atoms with Crippen LogP contribution >= 0.6 is 11.3 Å². The minimum absolute atomic E-state index is 0.629. The molecule has 0 amide bonds. The Kier molecular flexibility index (Phi) is 8.54. The summed E-state index contributed by atoms with van der Waals surface area (Å²) in [4.78, 5) is 2.49. The first-order valence-electron chi connectivity index (χ1n) is 19.4. The van der Waals surface area contributed by atoms with Crippen LogP contribution < -0.4 is 4.90 Å². The summed E-state index contributed by atoms with van der Waals surface area (Å²) in [7, 11) is 0. The molecule has 9 aromatic rings. The molecule has 1 nitrogen and oxygen atoms in total. The fraction of sp³-hybridized carbons (Fsp3) is 0.115. The Bertz CT molecular complexity index is 2680. The van der Waals surface area contributed by atoms with Crippen LogP contribution in [0.25, 0.3) is 64.3 Å². The largest absolute Gasteiger partial charge is 0.310 e. The van der Waals surface area contributed by atoms with Gasteiger partial charge >= 0.3 is 0 Å². The average Bonchev–Trinajstić information content (AvgIpc) is 3.63. The number of hydrogen-bond acceptors (Lipinski definition) is 2. The number of nitrogens with zero attached hydrogens (tertiary/aromatic N) is 1. The monoisotopic (exact) mass is 711 g/mol. The summed E-state index contributed by atoms with van der Waals surface area (Å²) in [5.74, 6) is 0.629. The van der Waals surface area contributed by atoms with Crippen molar-refractivity contribution in [2.75, 3.05) is 4.90 Å². The average molecular weight is 712 g/mol. The lowest BCUT2D eigenvalue weighted by Gasteiger charge is -2.29. The first-order valence-corrected chi connectivity index (χ1v) is 20.2. The Hall–Kier alpha value is -5.96. The van der Waals surface area contributed by atoms with Gasteiger partial charge in [-0.2, -0.15) is 0 Å². The van der Waals surface area contributed by atoms with Gasteiger partial charge in [0.25, 0.3) is 0 Å². The van der Waals surface area contributed by atoms with E-state index in [-0.39, 0.29) is 0 Å². The summed E-state index contributed by atoms with van der Waals surface area (Å²) in [5.41, 5.74) is 12.4. The van der Waals surface area contributed by atoms with E-state index >= 15 is 0 Å². The van der Waals surface area contributed by atoms with Crippen LogP contribution in [0.3, 0.4) is 0 Å². The van der Waals surface area contributed by atoms with E-state index in [1.807, 2.05) is 11.3 Å². The third-order valence-corrected chi connectivity index (χ3v) is 12.6. The molecule has 1 aromatic heterocycles. The van der Waals surface area contributed by atoms with Crippen LogP contribution in [0.2, 0.25) is 0 Å². The van der Waals surface area contributed by atoms with Crippen molar-refractivity contribution in [3.05, 3.63) is 188 Å². The second-order valence-corrected chi connectivity index (χ2v) is 15.8. The van der Waals surface area contributed by atoms with Crippen LogP contribution in [-0.4, -0.2) is 0 Å². The Morgan fingerprint density at radius 3 is 1.74 bits per heavy atom. The van der Waals surface area contributed by atoms with Crippen molar-refractivity contribution in [2.24, 2.45) is 0 Å². The predicted molar refractivity (Wildman–Crippen MR) is 234 cm³/mol. The maximum absolute atomic E-state index is 2.49. The third-order valence-electron chi connectivity index (χ3n) is 11.5. The first-order chi connectivity index (χ1) is 26.8. The van der Waals surface area contributed by atoms with Crippen LogP contribution in [0, 0.1) is 0 Å². The van der Waals surface area contributed by atoms with E-state index in [0.717, 1.165) is 5.69 Å². The summed E-state index contributed by atoms with van der Waals surface area (Å²) < 4.78 is 2.64. The van der Waals surface area contributed by atoms with Crippen LogP contribution in [0.4, 0.5) is 17.1 Å². The molecule has 2 heteroatoms. The van der Waals surface area contributed by atoms with Crippen LogP contribution in [0.15, 0.2) is 182 Å². The minimum Gasteiger partial charge on any atom is -0.310 e. The van der Waals surface area contributed by atoms with Gasteiger partial charge < -0.3 is 4.90 Å². The van der Waals surface area contributed by atoms with E-state index < -0.39 is 0 Å². The topological polar surface area (TPSA) is 3.24 Å². The van der Waals surface area contributed by atoms with Gasteiger partial charge in [-0.15, -0.1) is 11.3 Å². The molecule has 0 radical (unpaired) electrons. The quantitative estimate of drug-likeness (QED) is 0.159. The summed E-state index contributed by atoms with van der Waals surface area (Å²) in [6.07, 6.45) is 6.58. The molecule has 0 unspecified atom stereocenters. The molecular formula is C52H41NS. The molecule has 1 saturated carbocycles. The maximum atomic E-state index is 2.49. The second-order valence-electron chi connectivity index (χ2n) is 14.7. The van der Waals surface area contributed by atoms with Gasteiger partial charge in [-0.25, -0.2) is 0 Å². The van der Waals surface area contributed by atoms with E-state index in [0.29, 0.717) is 5.92 Å². The highest BCUT2D eigenvalue weighted by Crippen LogP contribution is 2.46. The summed E-state index contributed by atoms with van der Waals surface area (Å²) in [5, 5.41) is 5.34. The van der Waals surface area contributed by atoms with E-state index in [1.165, 1.54) is 113 Å². The zero-order chi connectivity index (χ0) is 35.8. The first kappa shape index (κ1) is 32.7. The lowest BCUT2D eigenvalue weighted by atomic mass is 9.82.